The number of piperidine rings is 1. The molecule has 1 N–H and O–H groups in total. The van der Waals surface area contributed by atoms with E-state index in [0.29, 0.717) is 36.6 Å². The summed E-state index contributed by atoms with van der Waals surface area (Å²) in [5, 5.41) is 3.47. The molecule has 0 spiro atoms. The van der Waals surface area contributed by atoms with Gasteiger partial charge < -0.3 is 19.9 Å². The lowest BCUT2D eigenvalue weighted by molar-refractivity contribution is 0.0170. The Labute approximate surface area is 174 Å². The van der Waals surface area contributed by atoms with E-state index in [1.165, 1.54) is 0 Å². The van der Waals surface area contributed by atoms with Crippen molar-refractivity contribution in [3.05, 3.63) is 27.2 Å². The summed E-state index contributed by atoms with van der Waals surface area (Å²) in [7, 11) is 1.75. The number of carbonyl (C=O) groups excluding carboxylic acids is 2. The van der Waals surface area contributed by atoms with Crippen LogP contribution in [-0.2, 0) is 4.74 Å². The second-order valence-corrected chi connectivity index (χ2v) is 9.08. The van der Waals surface area contributed by atoms with Gasteiger partial charge in [0.25, 0.3) is 0 Å². The molecule has 0 radical (unpaired) electrons. The van der Waals surface area contributed by atoms with Crippen LogP contribution in [0.25, 0.3) is 0 Å². The molecule has 6 nitrogen and oxygen atoms in total. The van der Waals surface area contributed by atoms with E-state index in [1.54, 1.807) is 22.9 Å². The van der Waals surface area contributed by atoms with Gasteiger partial charge in [-0.05, 0) is 74.2 Å². The van der Waals surface area contributed by atoms with E-state index in [2.05, 4.69) is 21.2 Å². The molecule has 150 valence electrons. The highest BCUT2D eigenvalue weighted by Gasteiger charge is 2.30. The van der Waals surface area contributed by atoms with Crippen LogP contribution in [0.3, 0.4) is 0 Å². The summed E-state index contributed by atoms with van der Waals surface area (Å²) in [6.45, 7) is 8.62. The number of urea groups is 1. The number of ether oxygens (including phenoxy) is 1. The van der Waals surface area contributed by atoms with Crippen LogP contribution in [0.1, 0.15) is 39.2 Å². The van der Waals surface area contributed by atoms with Crippen LogP contribution in [0.15, 0.2) is 16.6 Å². The van der Waals surface area contributed by atoms with Crippen LogP contribution < -0.4 is 5.32 Å². The number of halogens is 2. The Kier molecular flexibility index (Phi) is 7.03. The van der Waals surface area contributed by atoms with E-state index in [1.807, 2.05) is 33.8 Å². The fourth-order valence-electron chi connectivity index (χ4n) is 2.91. The molecule has 0 bridgehead atoms. The van der Waals surface area contributed by atoms with Gasteiger partial charge in [-0.15, -0.1) is 0 Å². The number of rotatable bonds is 2. The van der Waals surface area contributed by atoms with Crippen LogP contribution >= 0.6 is 27.5 Å². The normalized spacial score (nSPS) is 15.4. The molecule has 2 rings (SSSR count). The zero-order chi connectivity index (χ0) is 20.4. The first-order valence-electron chi connectivity index (χ1n) is 8.95. The average molecular weight is 461 g/mol. The summed E-state index contributed by atoms with van der Waals surface area (Å²) in [6.07, 6.45) is 1.09. The van der Waals surface area contributed by atoms with E-state index in [-0.39, 0.29) is 18.2 Å². The average Bonchev–Trinajstić information content (AvgIpc) is 2.57. The predicted octanol–water partition coefficient (Wildman–Crippen LogP) is 5.27. The molecule has 1 aliphatic heterocycles. The maximum absolute atomic E-state index is 12.6. The van der Waals surface area contributed by atoms with Crippen molar-refractivity contribution < 1.29 is 14.3 Å². The molecular formula is C19H27BrClN3O3. The third-order valence-electron chi connectivity index (χ3n) is 4.49. The maximum atomic E-state index is 12.6. The number of hydrogen-bond acceptors (Lipinski definition) is 3. The van der Waals surface area contributed by atoms with Crippen molar-refractivity contribution in [3.8, 4) is 0 Å². The molecule has 0 aromatic heterocycles. The Morgan fingerprint density at radius 1 is 1.30 bits per heavy atom. The number of nitrogens with zero attached hydrogens (tertiary/aromatic N) is 2. The number of aryl methyl sites for hydroxylation is 1. The van der Waals surface area contributed by atoms with Crippen LogP contribution in [0.5, 0.6) is 0 Å². The minimum Gasteiger partial charge on any atom is -0.444 e. The minimum absolute atomic E-state index is 0.0627. The zero-order valence-electron chi connectivity index (χ0n) is 16.4. The van der Waals surface area contributed by atoms with Crippen molar-refractivity contribution in [1.82, 2.24) is 9.80 Å². The number of amides is 3. The van der Waals surface area contributed by atoms with E-state index >= 15 is 0 Å². The predicted molar refractivity (Wildman–Crippen MR) is 111 cm³/mol. The summed E-state index contributed by atoms with van der Waals surface area (Å²) in [4.78, 5) is 28.2. The van der Waals surface area contributed by atoms with E-state index in [9.17, 15) is 9.59 Å². The lowest BCUT2D eigenvalue weighted by Crippen LogP contribution is -2.49. The summed E-state index contributed by atoms with van der Waals surface area (Å²) >= 11 is 9.50. The van der Waals surface area contributed by atoms with Gasteiger partial charge in [-0.3, -0.25) is 0 Å². The lowest BCUT2D eigenvalue weighted by Gasteiger charge is -2.37. The Morgan fingerprint density at radius 3 is 2.44 bits per heavy atom. The third-order valence-corrected chi connectivity index (χ3v) is 5.69. The molecule has 0 unspecified atom stereocenters. The van der Waals surface area contributed by atoms with Crippen molar-refractivity contribution in [2.45, 2.75) is 52.2 Å². The van der Waals surface area contributed by atoms with Crippen LogP contribution in [-0.4, -0.2) is 53.7 Å². The first-order chi connectivity index (χ1) is 12.5. The molecule has 1 aliphatic rings. The fraction of sp³-hybridized carbons (Fsp3) is 0.579. The molecule has 3 amide bonds. The number of likely N-dealkylation sites (tertiary alicyclic amines) is 1. The first kappa shape index (κ1) is 21.8. The number of hydrogen-bond donors (Lipinski definition) is 1. The van der Waals surface area contributed by atoms with Crippen molar-refractivity contribution in [2.75, 3.05) is 25.5 Å². The smallest absolute Gasteiger partial charge is 0.410 e. The molecular weight excluding hydrogens is 434 g/mol. The minimum atomic E-state index is -0.518. The highest BCUT2D eigenvalue weighted by molar-refractivity contribution is 9.10. The molecule has 1 saturated heterocycles. The molecule has 0 saturated carbocycles. The Hall–Kier alpha value is -1.47. The quantitative estimate of drug-likeness (QED) is 0.653. The zero-order valence-corrected chi connectivity index (χ0v) is 18.8. The van der Waals surface area contributed by atoms with Crippen LogP contribution in [0.4, 0.5) is 15.3 Å². The molecule has 27 heavy (non-hydrogen) atoms. The highest BCUT2D eigenvalue weighted by atomic mass is 79.9. The molecule has 0 aliphatic carbocycles. The Balaban J connectivity index is 1.91. The molecule has 1 aromatic rings. The summed E-state index contributed by atoms with van der Waals surface area (Å²) < 4.78 is 6.21. The van der Waals surface area contributed by atoms with Gasteiger partial charge in [-0.2, -0.15) is 0 Å². The fourth-order valence-corrected chi connectivity index (χ4v) is 3.54. The van der Waals surface area contributed by atoms with E-state index < -0.39 is 5.60 Å². The summed E-state index contributed by atoms with van der Waals surface area (Å²) in [5.41, 5.74) is 1.11. The van der Waals surface area contributed by atoms with Crippen molar-refractivity contribution in [2.24, 2.45) is 0 Å². The van der Waals surface area contributed by atoms with E-state index in [4.69, 9.17) is 16.3 Å². The molecule has 1 heterocycles. The maximum Gasteiger partial charge on any atom is 0.410 e. The number of benzene rings is 1. The largest absolute Gasteiger partial charge is 0.444 e. The van der Waals surface area contributed by atoms with Crippen LogP contribution in [0.2, 0.25) is 5.02 Å². The Morgan fingerprint density at radius 2 is 1.89 bits per heavy atom. The number of carbonyl (C=O) groups is 2. The van der Waals surface area contributed by atoms with Gasteiger partial charge in [0.15, 0.2) is 0 Å². The number of nitrogens with one attached hydrogen (secondary N) is 1. The van der Waals surface area contributed by atoms with Gasteiger partial charge in [-0.25, -0.2) is 9.59 Å². The molecule has 8 heteroatoms. The van der Waals surface area contributed by atoms with Gasteiger partial charge in [-0.1, -0.05) is 11.6 Å². The molecule has 1 fully saturated rings. The standard InChI is InChI=1S/C19H27BrClN3O3/c1-12-10-14(20)15(21)11-16(12)22-17(25)24-8-6-13(7-9-24)23(5)18(26)27-19(2,3)4/h10-11,13H,6-9H2,1-5H3,(H,22,25). The summed E-state index contributed by atoms with van der Waals surface area (Å²) in [6, 6.07) is 3.52. The topological polar surface area (TPSA) is 61.9 Å². The van der Waals surface area contributed by atoms with E-state index in [0.717, 1.165) is 10.0 Å². The highest BCUT2D eigenvalue weighted by Crippen LogP contribution is 2.29. The van der Waals surface area contributed by atoms with Gasteiger partial charge in [0.1, 0.15) is 5.60 Å². The van der Waals surface area contributed by atoms with Gasteiger partial charge >= 0.3 is 12.1 Å². The van der Waals surface area contributed by atoms with Gasteiger partial charge in [0.05, 0.1) is 5.02 Å². The lowest BCUT2D eigenvalue weighted by atomic mass is 10.0. The van der Waals surface area contributed by atoms with Crippen molar-refractivity contribution in [1.29, 1.82) is 0 Å². The Bertz CT molecular complexity index is 713. The van der Waals surface area contributed by atoms with Gasteiger partial charge in [0, 0.05) is 36.3 Å². The summed E-state index contributed by atoms with van der Waals surface area (Å²) in [5.74, 6) is 0. The molecule has 1 aromatic carbocycles. The first-order valence-corrected chi connectivity index (χ1v) is 10.1. The SMILES string of the molecule is Cc1cc(Br)c(Cl)cc1NC(=O)N1CCC(N(C)C(=O)OC(C)(C)C)CC1. The second kappa shape index (κ2) is 8.69. The third kappa shape index (κ3) is 6.01. The second-order valence-electron chi connectivity index (χ2n) is 7.82. The van der Waals surface area contributed by atoms with Crippen molar-refractivity contribution >= 4 is 45.3 Å². The van der Waals surface area contributed by atoms with Crippen LogP contribution in [0, 0.1) is 6.92 Å². The van der Waals surface area contributed by atoms with Gasteiger partial charge in [0.2, 0.25) is 0 Å². The number of anilines is 1. The van der Waals surface area contributed by atoms with Crippen molar-refractivity contribution in [3.63, 3.8) is 0 Å². The monoisotopic (exact) mass is 459 g/mol. The molecule has 0 atom stereocenters.